The second kappa shape index (κ2) is 4.22. The molecule has 1 aliphatic carbocycles. The summed E-state index contributed by atoms with van der Waals surface area (Å²) in [5.41, 5.74) is -0.0235. The van der Waals surface area contributed by atoms with Crippen molar-refractivity contribution in [3.63, 3.8) is 0 Å². The molecule has 2 saturated heterocycles. The van der Waals surface area contributed by atoms with Crippen molar-refractivity contribution < 1.29 is 14.3 Å². The Kier molecular flexibility index (Phi) is 2.92. The lowest BCUT2D eigenvalue weighted by Crippen LogP contribution is -2.30. The summed E-state index contributed by atoms with van der Waals surface area (Å²) in [4.78, 5) is 11.8. The van der Waals surface area contributed by atoms with E-state index in [9.17, 15) is 4.79 Å². The van der Waals surface area contributed by atoms with E-state index in [1.54, 1.807) is 0 Å². The molecule has 0 spiro atoms. The molecule has 0 aromatic carbocycles. The minimum absolute atomic E-state index is 0.0165. The molecule has 3 rings (SSSR count). The molecule has 2 aliphatic heterocycles. The highest BCUT2D eigenvalue weighted by atomic mass is 16.6. The Bertz CT molecular complexity index is 354. The Morgan fingerprint density at radius 1 is 1.22 bits per heavy atom. The lowest BCUT2D eigenvalue weighted by Gasteiger charge is -2.23. The van der Waals surface area contributed by atoms with Crippen LogP contribution in [-0.2, 0) is 14.3 Å². The fraction of sp³-hybridized carbons (Fsp3) is 0.933. The molecule has 3 fully saturated rings. The summed E-state index contributed by atoms with van der Waals surface area (Å²) >= 11 is 0. The third-order valence-electron chi connectivity index (χ3n) is 5.29. The van der Waals surface area contributed by atoms with Crippen LogP contribution in [0.4, 0.5) is 0 Å². The summed E-state index contributed by atoms with van der Waals surface area (Å²) in [6.45, 7) is 6.52. The van der Waals surface area contributed by atoms with Gasteiger partial charge in [-0.1, -0.05) is 33.1 Å². The number of carbonyl (C=O) groups is 1. The smallest absolute Gasteiger partial charge is 0.309 e. The third kappa shape index (κ3) is 1.97. The molecule has 0 amide bonds. The second-order valence-electron chi connectivity index (χ2n) is 6.78. The number of fused-ring (bicyclic) bond motifs is 3. The molecule has 0 aromatic rings. The van der Waals surface area contributed by atoms with Crippen LogP contribution in [0, 0.1) is 17.8 Å². The summed E-state index contributed by atoms with van der Waals surface area (Å²) < 4.78 is 11.5. The zero-order valence-electron chi connectivity index (χ0n) is 11.6. The first-order valence-electron chi connectivity index (χ1n) is 7.39. The van der Waals surface area contributed by atoms with E-state index in [1.165, 1.54) is 19.3 Å². The normalized spacial score (nSPS) is 52.2. The van der Waals surface area contributed by atoms with Crippen molar-refractivity contribution in [2.45, 2.75) is 70.7 Å². The monoisotopic (exact) mass is 252 g/mol. The summed E-state index contributed by atoms with van der Waals surface area (Å²) in [6, 6.07) is 0. The van der Waals surface area contributed by atoms with E-state index >= 15 is 0 Å². The molecule has 3 aliphatic rings. The standard InChI is InChI=1S/C15H24O3/c1-9-5-4-8-15(3)13(18-15)12-11(7-6-9)10(2)14(16)17-12/h9-13H,4-8H2,1-3H3/t9-,10-,11-,12-,13+,15+/m0/s1. The van der Waals surface area contributed by atoms with E-state index < -0.39 is 0 Å². The molecule has 0 unspecified atom stereocenters. The van der Waals surface area contributed by atoms with Crippen LogP contribution in [-0.4, -0.2) is 23.8 Å². The van der Waals surface area contributed by atoms with Gasteiger partial charge in [0.15, 0.2) is 0 Å². The highest BCUT2D eigenvalue weighted by molar-refractivity contribution is 5.75. The van der Waals surface area contributed by atoms with Crippen molar-refractivity contribution in [3.8, 4) is 0 Å². The van der Waals surface area contributed by atoms with Gasteiger partial charge in [0.2, 0.25) is 0 Å². The molecular weight excluding hydrogens is 228 g/mol. The average Bonchev–Trinajstić information content (AvgIpc) is 2.90. The lowest BCUT2D eigenvalue weighted by molar-refractivity contribution is -0.144. The van der Waals surface area contributed by atoms with E-state index in [2.05, 4.69) is 13.8 Å². The SMILES string of the molecule is C[C@H]1CCC[C@@]2(C)O[C@@H]2[C@H]2OC(=O)[C@@H](C)[C@@H]2CC1. The van der Waals surface area contributed by atoms with Crippen LogP contribution in [0.25, 0.3) is 0 Å². The fourth-order valence-corrected chi connectivity index (χ4v) is 3.78. The Hall–Kier alpha value is -0.570. The van der Waals surface area contributed by atoms with Crippen molar-refractivity contribution in [2.75, 3.05) is 0 Å². The van der Waals surface area contributed by atoms with Crippen molar-refractivity contribution in [1.82, 2.24) is 0 Å². The average molecular weight is 252 g/mol. The van der Waals surface area contributed by atoms with Gasteiger partial charge < -0.3 is 9.47 Å². The zero-order chi connectivity index (χ0) is 12.9. The van der Waals surface area contributed by atoms with E-state index in [4.69, 9.17) is 9.47 Å². The Morgan fingerprint density at radius 2 is 2.00 bits per heavy atom. The summed E-state index contributed by atoms with van der Waals surface area (Å²) in [5.74, 6) is 1.15. The zero-order valence-corrected chi connectivity index (χ0v) is 11.6. The Morgan fingerprint density at radius 3 is 2.78 bits per heavy atom. The number of ether oxygens (including phenoxy) is 2. The molecule has 0 N–H and O–H groups in total. The maximum Gasteiger partial charge on any atom is 0.309 e. The number of hydrogen-bond acceptors (Lipinski definition) is 3. The topological polar surface area (TPSA) is 38.8 Å². The highest BCUT2D eigenvalue weighted by Crippen LogP contribution is 2.50. The first-order chi connectivity index (χ1) is 8.51. The minimum atomic E-state index is -0.0235. The Labute approximate surface area is 109 Å². The summed E-state index contributed by atoms with van der Waals surface area (Å²) in [6.07, 6.45) is 6.12. The summed E-state index contributed by atoms with van der Waals surface area (Å²) in [5, 5.41) is 0. The van der Waals surface area contributed by atoms with Crippen molar-refractivity contribution in [1.29, 1.82) is 0 Å². The van der Waals surface area contributed by atoms with Gasteiger partial charge in [-0.3, -0.25) is 4.79 Å². The molecule has 0 radical (unpaired) electrons. The van der Waals surface area contributed by atoms with Crippen molar-refractivity contribution in [2.24, 2.45) is 17.8 Å². The quantitative estimate of drug-likeness (QED) is 0.491. The number of epoxide rings is 1. The van der Waals surface area contributed by atoms with Crippen LogP contribution < -0.4 is 0 Å². The van der Waals surface area contributed by atoms with E-state index in [0.29, 0.717) is 5.92 Å². The molecular formula is C15H24O3. The maximum absolute atomic E-state index is 11.8. The van der Waals surface area contributed by atoms with Crippen LogP contribution in [0.3, 0.4) is 0 Å². The van der Waals surface area contributed by atoms with Gasteiger partial charge >= 0.3 is 5.97 Å². The molecule has 3 heteroatoms. The number of esters is 1. The summed E-state index contributed by atoms with van der Waals surface area (Å²) in [7, 11) is 0. The maximum atomic E-state index is 11.8. The highest BCUT2D eigenvalue weighted by Gasteiger charge is 2.62. The third-order valence-corrected chi connectivity index (χ3v) is 5.29. The lowest BCUT2D eigenvalue weighted by atomic mass is 9.79. The number of carbonyl (C=O) groups excluding carboxylic acids is 1. The van der Waals surface area contributed by atoms with E-state index in [-0.39, 0.29) is 29.7 Å². The fourth-order valence-electron chi connectivity index (χ4n) is 3.78. The molecule has 0 bridgehead atoms. The van der Waals surface area contributed by atoms with Crippen LogP contribution in [0.1, 0.15) is 52.9 Å². The van der Waals surface area contributed by atoms with Gasteiger partial charge in [-0.2, -0.15) is 0 Å². The first-order valence-corrected chi connectivity index (χ1v) is 7.39. The second-order valence-corrected chi connectivity index (χ2v) is 6.78. The van der Waals surface area contributed by atoms with E-state index in [0.717, 1.165) is 18.8 Å². The van der Waals surface area contributed by atoms with Gasteiger partial charge in [0.1, 0.15) is 12.2 Å². The van der Waals surface area contributed by atoms with Gasteiger partial charge in [-0.05, 0) is 25.7 Å². The first kappa shape index (κ1) is 12.5. The van der Waals surface area contributed by atoms with Gasteiger partial charge in [0, 0.05) is 5.92 Å². The van der Waals surface area contributed by atoms with Gasteiger partial charge in [-0.15, -0.1) is 0 Å². The van der Waals surface area contributed by atoms with Crippen LogP contribution in [0.15, 0.2) is 0 Å². The van der Waals surface area contributed by atoms with Gasteiger partial charge in [0.25, 0.3) is 0 Å². The number of hydrogen-bond donors (Lipinski definition) is 0. The largest absolute Gasteiger partial charge is 0.459 e. The molecule has 6 atom stereocenters. The van der Waals surface area contributed by atoms with Crippen LogP contribution in [0.2, 0.25) is 0 Å². The number of rotatable bonds is 0. The minimum Gasteiger partial charge on any atom is -0.459 e. The molecule has 1 saturated carbocycles. The predicted molar refractivity (Wildman–Crippen MR) is 68.1 cm³/mol. The van der Waals surface area contributed by atoms with Crippen LogP contribution >= 0.6 is 0 Å². The molecule has 2 heterocycles. The van der Waals surface area contributed by atoms with Crippen molar-refractivity contribution in [3.05, 3.63) is 0 Å². The van der Waals surface area contributed by atoms with Crippen molar-refractivity contribution >= 4 is 5.97 Å². The molecule has 102 valence electrons. The molecule has 0 aromatic heterocycles. The van der Waals surface area contributed by atoms with Gasteiger partial charge in [-0.25, -0.2) is 0 Å². The Balaban J connectivity index is 1.80. The molecule has 18 heavy (non-hydrogen) atoms. The predicted octanol–water partition coefficient (Wildman–Crippen LogP) is 2.92. The van der Waals surface area contributed by atoms with Gasteiger partial charge in [0.05, 0.1) is 11.5 Å². The molecule has 3 nitrogen and oxygen atoms in total. The van der Waals surface area contributed by atoms with E-state index in [1.807, 2.05) is 6.92 Å². The van der Waals surface area contributed by atoms with Crippen LogP contribution in [0.5, 0.6) is 0 Å².